The molecule has 0 radical (unpaired) electrons. The number of nitrogens with one attached hydrogen (secondary N) is 1. The number of aliphatic hydroxyl groups excluding tert-OH is 8. The zero-order chi connectivity index (χ0) is 56.7. The van der Waals surface area contributed by atoms with E-state index < -0.39 is 86.8 Å². The van der Waals surface area contributed by atoms with Gasteiger partial charge in [0.25, 0.3) is 0 Å². The molecule has 0 aromatic carbocycles. The number of hydrogen-bond donors (Lipinski definition) is 9. The number of hydrogen-bond acceptors (Lipinski definition) is 13. The number of allylic oxidation sites excluding steroid dienone is 3. The van der Waals surface area contributed by atoms with Crippen molar-refractivity contribution in [2.75, 3.05) is 19.8 Å². The Morgan fingerprint density at radius 1 is 0.449 bits per heavy atom. The summed E-state index contributed by atoms with van der Waals surface area (Å²) in [4.78, 5) is 13.3. The number of carbonyl (C=O) groups excluding carboxylic acids is 1. The van der Waals surface area contributed by atoms with Crippen LogP contribution in [0.1, 0.15) is 284 Å². The second-order valence-electron chi connectivity index (χ2n) is 23.2. The van der Waals surface area contributed by atoms with E-state index in [9.17, 15) is 45.6 Å². The van der Waals surface area contributed by atoms with E-state index in [4.69, 9.17) is 18.9 Å². The molecule has 14 heteroatoms. The highest BCUT2D eigenvalue weighted by Crippen LogP contribution is 2.30. The molecule has 0 aromatic rings. The van der Waals surface area contributed by atoms with Crippen LogP contribution in [0.5, 0.6) is 0 Å². The van der Waals surface area contributed by atoms with Gasteiger partial charge in [0.1, 0.15) is 48.8 Å². The van der Waals surface area contributed by atoms with Gasteiger partial charge < -0.3 is 65.1 Å². The number of carbonyl (C=O) groups is 1. The van der Waals surface area contributed by atoms with Crippen molar-refractivity contribution in [1.29, 1.82) is 0 Å². The third kappa shape index (κ3) is 34.8. The Labute approximate surface area is 475 Å². The van der Waals surface area contributed by atoms with Crippen molar-refractivity contribution in [2.24, 2.45) is 0 Å². The van der Waals surface area contributed by atoms with E-state index in [-0.39, 0.29) is 18.9 Å². The Hall–Kier alpha value is -1.53. The first-order valence-corrected chi connectivity index (χ1v) is 32.6. The van der Waals surface area contributed by atoms with Crippen molar-refractivity contribution in [1.82, 2.24) is 5.32 Å². The Morgan fingerprint density at radius 2 is 0.808 bits per heavy atom. The van der Waals surface area contributed by atoms with E-state index >= 15 is 0 Å². The van der Waals surface area contributed by atoms with Crippen LogP contribution >= 0.6 is 0 Å². The summed E-state index contributed by atoms with van der Waals surface area (Å²) in [7, 11) is 0. The average molecular weight is 1110 g/mol. The summed E-state index contributed by atoms with van der Waals surface area (Å²) in [6, 6.07) is -0.916. The van der Waals surface area contributed by atoms with Crippen LogP contribution < -0.4 is 5.32 Å². The smallest absolute Gasteiger partial charge is 0.220 e. The number of unbranched alkanes of at least 4 members (excludes halogenated alkanes) is 38. The molecule has 2 rings (SSSR count). The van der Waals surface area contributed by atoms with Gasteiger partial charge in [-0.05, 0) is 44.9 Å². The highest BCUT2D eigenvalue weighted by atomic mass is 16.7. The molecule has 2 heterocycles. The van der Waals surface area contributed by atoms with Crippen LogP contribution in [0, 0.1) is 0 Å². The van der Waals surface area contributed by atoms with Gasteiger partial charge in [0, 0.05) is 6.42 Å². The van der Waals surface area contributed by atoms with Crippen LogP contribution in [0.15, 0.2) is 24.3 Å². The lowest BCUT2D eigenvalue weighted by molar-refractivity contribution is -0.359. The zero-order valence-electron chi connectivity index (χ0n) is 49.7. The average Bonchev–Trinajstić information content (AvgIpc) is 3.48. The molecule has 2 aliphatic rings. The standard InChI is InChI=1S/C64H121NO13/c1-3-5-7-9-11-13-15-17-19-21-23-24-25-26-27-28-29-30-31-33-35-37-39-41-43-45-47-53(68)52(65-56(69)48-46-44-42-40-38-36-34-32-22-20-18-16-14-12-10-8-6-4-2)51-75-63-61(74)59(72)62(55(50-67)77-63)78-64-60(73)58(71)57(70)54(49-66)76-64/h20,22,45,47,52-55,57-64,66-68,70-74H,3-19,21,23-44,46,48-51H2,1-2H3,(H,65,69)/b22-20-,47-45+. The van der Waals surface area contributed by atoms with E-state index in [2.05, 4.69) is 31.3 Å². The Bertz CT molecular complexity index is 1400. The van der Waals surface area contributed by atoms with Crippen LogP contribution in [-0.4, -0.2) is 140 Å². The quantitative estimate of drug-likeness (QED) is 0.0204. The molecule has 9 N–H and O–H groups in total. The SMILES string of the molecule is CCCCCCCCC/C=C\CCCCCCCCCC(=O)NC(COC1OC(CO)C(OC2OC(CO)C(O)C(O)C2O)C(O)C1O)C(O)/C=C/CCCCCCCCCCCCCCCCCCCCCCCCCC. The van der Waals surface area contributed by atoms with Crippen molar-refractivity contribution in [2.45, 2.75) is 357 Å². The third-order valence-electron chi connectivity index (χ3n) is 16.1. The van der Waals surface area contributed by atoms with E-state index in [1.165, 1.54) is 212 Å². The normalized spacial score (nSPS) is 24.6. The molecule has 1 amide bonds. The lowest BCUT2D eigenvalue weighted by Gasteiger charge is -2.46. The third-order valence-corrected chi connectivity index (χ3v) is 16.1. The maximum atomic E-state index is 13.3. The van der Waals surface area contributed by atoms with Gasteiger partial charge in [-0.25, -0.2) is 0 Å². The van der Waals surface area contributed by atoms with E-state index in [0.29, 0.717) is 6.42 Å². The molecule has 2 saturated heterocycles. The predicted molar refractivity (Wildman–Crippen MR) is 314 cm³/mol. The van der Waals surface area contributed by atoms with Gasteiger partial charge in [0.05, 0.1) is 32.0 Å². The molecule has 12 unspecified atom stereocenters. The van der Waals surface area contributed by atoms with Crippen LogP contribution in [0.2, 0.25) is 0 Å². The molecule has 14 nitrogen and oxygen atoms in total. The molecule has 460 valence electrons. The fourth-order valence-corrected chi connectivity index (χ4v) is 10.9. The first-order chi connectivity index (χ1) is 38.1. The number of rotatable bonds is 53. The minimum atomic E-state index is -1.79. The summed E-state index contributed by atoms with van der Waals surface area (Å²) >= 11 is 0. The molecule has 2 aliphatic heterocycles. The van der Waals surface area contributed by atoms with Crippen LogP contribution in [0.4, 0.5) is 0 Å². The van der Waals surface area contributed by atoms with Gasteiger partial charge in [-0.3, -0.25) is 4.79 Å². The van der Waals surface area contributed by atoms with Gasteiger partial charge in [0.15, 0.2) is 12.6 Å². The summed E-state index contributed by atoms with van der Waals surface area (Å²) in [6.45, 7) is 2.83. The van der Waals surface area contributed by atoms with Gasteiger partial charge >= 0.3 is 0 Å². The molecule has 78 heavy (non-hydrogen) atoms. The zero-order valence-corrected chi connectivity index (χ0v) is 49.7. The monoisotopic (exact) mass is 1110 g/mol. The topological polar surface area (TPSA) is 228 Å². The van der Waals surface area contributed by atoms with Crippen molar-refractivity contribution in [3.05, 3.63) is 24.3 Å². The molecule has 0 spiro atoms. The molecule has 0 aromatic heterocycles. The van der Waals surface area contributed by atoms with E-state index in [1.54, 1.807) is 6.08 Å². The molecule has 2 fully saturated rings. The minimum Gasteiger partial charge on any atom is -0.394 e. The van der Waals surface area contributed by atoms with Crippen molar-refractivity contribution in [3.63, 3.8) is 0 Å². The van der Waals surface area contributed by atoms with Crippen molar-refractivity contribution >= 4 is 5.91 Å². The summed E-state index contributed by atoms with van der Waals surface area (Å²) in [5.74, 6) is -0.240. The fourth-order valence-electron chi connectivity index (χ4n) is 10.9. The Morgan fingerprint density at radius 3 is 1.22 bits per heavy atom. The summed E-state index contributed by atoms with van der Waals surface area (Å²) in [5.41, 5.74) is 0. The summed E-state index contributed by atoms with van der Waals surface area (Å²) < 4.78 is 22.8. The number of aliphatic hydroxyl groups is 8. The van der Waals surface area contributed by atoms with E-state index in [1.807, 2.05) is 6.08 Å². The maximum Gasteiger partial charge on any atom is 0.220 e. The van der Waals surface area contributed by atoms with Crippen molar-refractivity contribution in [3.8, 4) is 0 Å². The second-order valence-corrected chi connectivity index (χ2v) is 23.2. The highest BCUT2D eigenvalue weighted by Gasteiger charge is 2.51. The molecular formula is C64H121NO13. The van der Waals surface area contributed by atoms with Crippen molar-refractivity contribution < 1.29 is 64.6 Å². The van der Waals surface area contributed by atoms with E-state index in [0.717, 1.165) is 44.9 Å². The molecule has 0 saturated carbocycles. The van der Waals surface area contributed by atoms with Gasteiger partial charge in [-0.1, -0.05) is 256 Å². The summed E-state index contributed by atoms with van der Waals surface area (Å²) in [6.07, 6.45) is 43.6. The number of ether oxygens (including phenoxy) is 4. The molecule has 0 aliphatic carbocycles. The van der Waals surface area contributed by atoms with Gasteiger partial charge in [-0.2, -0.15) is 0 Å². The van der Waals surface area contributed by atoms with Crippen LogP contribution in [0.3, 0.4) is 0 Å². The maximum absolute atomic E-state index is 13.3. The Balaban J connectivity index is 1.72. The van der Waals surface area contributed by atoms with Gasteiger partial charge in [0.2, 0.25) is 5.91 Å². The van der Waals surface area contributed by atoms with Gasteiger partial charge in [-0.15, -0.1) is 0 Å². The first kappa shape index (κ1) is 72.6. The fraction of sp³-hybridized carbons (Fsp3) is 0.922. The molecule has 12 atom stereocenters. The lowest BCUT2D eigenvalue weighted by Crippen LogP contribution is -2.65. The largest absolute Gasteiger partial charge is 0.394 e. The highest BCUT2D eigenvalue weighted by molar-refractivity contribution is 5.76. The second kappa shape index (κ2) is 50.0. The lowest BCUT2D eigenvalue weighted by atomic mass is 9.97. The van der Waals surface area contributed by atoms with Crippen LogP contribution in [0.25, 0.3) is 0 Å². The predicted octanol–water partition coefficient (Wildman–Crippen LogP) is 12.0. The molecular weight excluding hydrogens is 991 g/mol. The Kier molecular flexibility index (Phi) is 46.5. The van der Waals surface area contributed by atoms with Crippen LogP contribution in [-0.2, 0) is 23.7 Å². The minimum absolute atomic E-state index is 0.240. The first-order valence-electron chi connectivity index (χ1n) is 32.6. The number of amides is 1. The molecule has 0 bridgehead atoms. The summed E-state index contributed by atoms with van der Waals surface area (Å²) in [5, 5.41) is 87.3.